The Hall–Kier alpha value is -0.660. The van der Waals surface area contributed by atoms with E-state index in [-0.39, 0.29) is 5.41 Å². The Bertz CT molecular complexity index is 605. The quantitative estimate of drug-likeness (QED) is 0.742. The lowest BCUT2D eigenvalue weighted by molar-refractivity contribution is -0.0763. The Labute approximate surface area is 132 Å². The number of rotatable bonds is 5. The van der Waals surface area contributed by atoms with E-state index in [0.29, 0.717) is 12.5 Å². The summed E-state index contributed by atoms with van der Waals surface area (Å²) in [5.41, 5.74) is 2.38. The number of hydrogen-bond donors (Lipinski definition) is 0. The highest BCUT2D eigenvalue weighted by Gasteiger charge is 2.24. The minimum absolute atomic E-state index is 0.0177. The lowest BCUT2D eigenvalue weighted by Crippen LogP contribution is -2.34. The average Bonchev–Trinajstić information content (AvgIpc) is 2.74. The van der Waals surface area contributed by atoms with Gasteiger partial charge in [-0.15, -0.1) is 0 Å². The second kappa shape index (κ2) is 5.61. The first-order valence-corrected chi connectivity index (χ1v) is 7.93. The maximum atomic E-state index is 5.86. The molecule has 0 bridgehead atoms. The van der Waals surface area contributed by atoms with E-state index in [9.17, 15) is 0 Å². The van der Waals surface area contributed by atoms with Gasteiger partial charge in [0.2, 0.25) is 0 Å². The molecular formula is C15H19IN2O2. The molecule has 1 saturated heterocycles. The van der Waals surface area contributed by atoms with E-state index >= 15 is 0 Å². The molecule has 0 N–H and O–H groups in total. The number of aromatic nitrogens is 2. The molecular weight excluding hydrogens is 367 g/mol. The molecule has 0 atom stereocenters. The van der Waals surface area contributed by atoms with E-state index in [0.717, 1.165) is 25.3 Å². The third-order valence-corrected chi connectivity index (χ3v) is 4.61. The molecule has 1 aliphatic rings. The van der Waals surface area contributed by atoms with Crippen LogP contribution in [-0.4, -0.2) is 36.0 Å². The molecule has 0 aromatic carbocycles. The molecule has 4 nitrogen and oxygen atoms in total. The van der Waals surface area contributed by atoms with E-state index < -0.39 is 0 Å². The highest BCUT2D eigenvalue weighted by molar-refractivity contribution is 14.1. The van der Waals surface area contributed by atoms with Crippen LogP contribution >= 0.6 is 22.6 Å². The Kier molecular flexibility index (Phi) is 4.01. The molecule has 2 aromatic rings. The fourth-order valence-electron chi connectivity index (χ4n) is 2.30. The van der Waals surface area contributed by atoms with E-state index in [1.54, 1.807) is 0 Å². The summed E-state index contributed by atoms with van der Waals surface area (Å²) in [5.74, 6) is 0.584. The summed E-state index contributed by atoms with van der Waals surface area (Å²) in [6.07, 6.45) is 3.99. The molecule has 0 radical (unpaired) electrons. The molecule has 2 aromatic heterocycles. The summed E-state index contributed by atoms with van der Waals surface area (Å²) >= 11 is 2.31. The Morgan fingerprint density at radius 3 is 2.95 bits per heavy atom. The lowest BCUT2D eigenvalue weighted by atomic mass is 9.86. The van der Waals surface area contributed by atoms with Crippen molar-refractivity contribution in [3.8, 4) is 0 Å². The second-order valence-electron chi connectivity index (χ2n) is 6.04. The van der Waals surface area contributed by atoms with Crippen molar-refractivity contribution < 1.29 is 9.47 Å². The molecule has 5 heteroatoms. The smallest absolute Gasteiger partial charge is 0.0795 e. The topological polar surface area (TPSA) is 35.8 Å². The predicted molar refractivity (Wildman–Crippen MR) is 86.1 cm³/mol. The maximum absolute atomic E-state index is 5.86. The van der Waals surface area contributed by atoms with Crippen molar-refractivity contribution in [2.75, 3.05) is 26.4 Å². The highest BCUT2D eigenvalue weighted by atomic mass is 127. The molecule has 0 spiro atoms. The van der Waals surface area contributed by atoms with Gasteiger partial charge in [0.25, 0.3) is 0 Å². The van der Waals surface area contributed by atoms with Crippen molar-refractivity contribution in [1.82, 2.24) is 9.61 Å². The first kappa shape index (κ1) is 14.3. The van der Waals surface area contributed by atoms with Crippen molar-refractivity contribution in [2.45, 2.75) is 19.3 Å². The van der Waals surface area contributed by atoms with Gasteiger partial charge >= 0.3 is 0 Å². The fourth-order valence-corrected chi connectivity index (χ4v) is 2.85. The summed E-state index contributed by atoms with van der Waals surface area (Å²) < 4.78 is 14.1. The standard InChI is InChI=1S/C15H19IN2O2/c1-15(2,10-20-9-11-7-19-8-11)12-3-4-14-13(16)5-17-18(14)6-12/h3-6,11H,7-10H2,1-2H3. The molecule has 1 aliphatic heterocycles. The predicted octanol–water partition coefficient (Wildman–Crippen LogP) is 2.88. The normalized spacial score (nSPS) is 16.6. The minimum Gasteiger partial charge on any atom is -0.381 e. The summed E-state index contributed by atoms with van der Waals surface area (Å²) in [7, 11) is 0. The number of pyridine rings is 1. The van der Waals surface area contributed by atoms with Crippen LogP contribution in [0.3, 0.4) is 0 Å². The van der Waals surface area contributed by atoms with Crippen LogP contribution < -0.4 is 0 Å². The Morgan fingerprint density at radius 1 is 1.45 bits per heavy atom. The number of ether oxygens (including phenoxy) is 2. The van der Waals surface area contributed by atoms with Crippen LogP contribution in [0.4, 0.5) is 0 Å². The summed E-state index contributed by atoms with van der Waals surface area (Å²) in [6, 6.07) is 4.31. The van der Waals surface area contributed by atoms with Gasteiger partial charge in [-0.1, -0.05) is 19.9 Å². The molecule has 0 amide bonds. The molecule has 3 heterocycles. The molecule has 20 heavy (non-hydrogen) atoms. The van der Waals surface area contributed by atoms with E-state index in [1.807, 2.05) is 10.7 Å². The van der Waals surface area contributed by atoms with Crippen molar-refractivity contribution in [1.29, 1.82) is 0 Å². The summed E-state index contributed by atoms with van der Waals surface area (Å²) in [4.78, 5) is 0. The van der Waals surface area contributed by atoms with Gasteiger partial charge in [-0.25, -0.2) is 4.52 Å². The Balaban J connectivity index is 1.70. The molecule has 3 rings (SSSR count). The zero-order valence-corrected chi connectivity index (χ0v) is 14.0. The van der Waals surface area contributed by atoms with Gasteiger partial charge in [-0.3, -0.25) is 0 Å². The van der Waals surface area contributed by atoms with Gasteiger partial charge in [-0.05, 0) is 34.2 Å². The summed E-state index contributed by atoms with van der Waals surface area (Å²) in [6.45, 7) is 7.62. The molecule has 1 fully saturated rings. The van der Waals surface area contributed by atoms with Gasteiger partial charge in [0.15, 0.2) is 0 Å². The molecule has 0 unspecified atom stereocenters. The third-order valence-electron chi connectivity index (χ3n) is 3.77. The fraction of sp³-hybridized carbons (Fsp3) is 0.533. The maximum Gasteiger partial charge on any atom is 0.0795 e. The van der Waals surface area contributed by atoms with Crippen molar-refractivity contribution in [3.05, 3.63) is 33.7 Å². The lowest BCUT2D eigenvalue weighted by Gasteiger charge is -2.29. The van der Waals surface area contributed by atoms with Crippen molar-refractivity contribution in [3.63, 3.8) is 0 Å². The first-order chi connectivity index (χ1) is 9.56. The zero-order valence-electron chi connectivity index (χ0n) is 11.8. The minimum atomic E-state index is -0.0177. The van der Waals surface area contributed by atoms with Gasteiger partial charge in [0, 0.05) is 17.5 Å². The number of fused-ring (bicyclic) bond motifs is 1. The van der Waals surface area contributed by atoms with E-state index in [4.69, 9.17) is 9.47 Å². The van der Waals surface area contributed by atoms with Crippen LogP contribution in [0, 0.1) is 9.49 Å². The summed E-state index contributed by atoms with van der Waals surface area (Å²) in [5, 5.41) is 4.38. The van der Waals surface area contributed by atoms with Crippen LogP contribution in [0.25, 0.3) is 5.52 Å². The molecule has 0 saturated carbocycles. The number of hydrogen-bond acceptors (Lipinski definition) is 3. The highest BCUT2D eigenvalue weighted by Crippen LogP contribution is 2.25. The van der Waals surface area contributed by atoms with Gasteiger partial charge < -0.3 is 9.47 Å². The number of halogens is 1. The van der Waals surface area contributed by atoms with Crippen molar-refractivity contribution in [2.24, 2.45) is 5.92 Å². The second-order valence-corrected chi connectivity index (χ2v) is 7.20. The van der Waals surface area contributed by atoms with Crippen molar-refractivity contribution >= 4 is 28.1 Å². The Morgan fingerprint density at radius 2 is 2.25 bits per heavy atom. The van der Waals surface area contributed by atoms with Crippen LogP contribution in [0.1, 0.15) is 19.4 Å². The first-order valence-electron chi connectivity index (χ1n) is 6.85. The molecule has 108 valence electrons. The van der Waals surface area contributed by atoms with Crippen LogP contribution in [0.2, 0.25) is 0 Å². The van der Waals surface area contributed by atoms with E-state index in [2.05, 4.69) is 59.9 Å². The SMILES string of the molecule is CC(C)(COCC1COC1)c1ccc2c(I)cnn2c1. The molecule has 0 aliphatic carbocycles. The van der Waals surface area contributed by atoms with Gasteiger partial charge in [-0.2, -0.15) is 5.10 Å². The van der Waals surface area contributed by atoms with Crippen LogP contribution in [0.5, 0.6) is 0 Å². The van der Waals surface area contributed by atoms with Crippen LogP contribution in [-0.2, 0) is 14.9 Å². The number of nitrogens with zero attached hydrogens (tertiary/aromatic N) is 2. The van der Waals surface area contributed by atoms with Crippen LogP contribution in [0.15, 0.2) is 24.5 Å². The largest absolute Gasteiger partial charge is 0.381 e. The van der Waals surface area contributed by atoms with E-state index in [1.165, 1.54) is 9.13 Å². The monoisotopic (exact) mass is 386 g/mol. The van der Waals surface area contributed by atoms with Gasteiger partial charge in [0.05, 0.1) is 41.7 Å². The van der Waals surface area contributed by atoms with Gasteiger partial charge in [0.1, 0.15) is 0 Å². The average molecular weight is 386 g/mol. The zero-order chi connectivity index (χ0) is 14.2. The third kappa shape index (κ3) is 2.84.